The SMILES string of the molecule is CC(C)CC[C@@H](c1cccc(F)c1F)N1CCNCC1.Cl.Cl. The molecule has 0 unspecified atom stereocenters. The predicted molar refractivity (Wildman–Crippen MR) is 92.1 cm³/mol. The summed E-state index contributed by atoms with van der Waals surface area (Å²) in [4.78, 5) is 2.27. The first-order valence-corrected chi connectivity index (χ1v) is 7.48. The van der Waals surface area contributed by atoms with E-state index in [4.69, 9.17) is 0 Å². The summed E-state index contributed by atoms with van der Waals surface area (Å²) in [6.07, 6.45) is 1.89. The lowest BCUT2D eigenvalue weighted by atomic mass is 9.95. The van der Waals surface area contributed by atoms with Crippen molar-refractivity contribution in [2.24, 2.45) is 5.92 Å². The Labute approximate surface area is 144 Å². The van der Waals surface area contributed by atoms with E-state index in [1.807, 2.05) is 0 Å². The Morgan fingerprint density at radius 2 is 1.73 bits per heavy atom. The van der Waals surface area contributed by atoms with Gasteiger partial charge in [0, 0.05) is 37.8 Å². The van der Waals surface area contributed by atoms with E-state index in [9.17, 15) is 8.78 Å². The second-order valence-electron chi connectivity index (χ2n) is 5.92. The maximum absolute atomic E-state index is 14.1. The fourth-order valence-electron chi connectivity index (χ4n) is 2.80. The molecule has 2 nitrogen and oxygen atoms in total. The van der Waals surface area contributed by atoms with E-state index >= 15 is 0 Å². The zero-order valence-electron chi connectivity index (χ0n) is 13.1. The highest BCUT2D eigenvalue weighted by Gasteiger charge is 2.25. The van der Waals surface area contributed by atoms with Crippen molar-refractivity contribution in [1.29, 1.82) is 0 Å². The van der Waals surface area contributed by atoms with E-state index < -0.39 is 11.6 Å². The minimum absolute atomic E-state index is 0. The fourth-order valence-corrected chi connectivity index (χ4v) is 2.80. The van der Waals surface area contributed by atoms with Gasteiger partial charge in [-0.05, 0) is 24.8 Å². The number of rotatable bonds is 5. The van der Waals surface area contributed by atoms with Crippen LogP contribution in [-0.4, -0.2) is 31.1 Å². The molecule has 128 valence electrons. The molecule has 0 spiro atoms. The summed E-state index contributed by atoms with van der Waals surface area (Å²) >= 11 is 0. The molecule has 0 radical (unpaired) electrons. The van der Waals surface area contributed by atoms with E-state index in [-0.39, 0.29) is 30.9 Å². The second-order valence-corrected chi connectivity index (χ2v) is 5.92. The van der Waals surface area contributed by atoms with Gasteiger partial charge in [-0.3, -0.25) is 4.90 Å². The van der Waals surface area contributed by atoms with Crippen LogP contribution in [0, 0.1) is 17.6 Å². The number of hydrogen-bond donors (Lipinski definition) is 1. The monoisotopic (exact) mass is 354 g/mol. The molecule has 2 rings (SSSR count). The molecular weight excluding hydrogens is 329 g/mol. The molecule has 1 aliphatic rings. The van der Waals surface area contributed by atoms with Gasteiger partial charge < -0.3 is 5.32 Å². The Balaban J connectivity index is 0.00000220. The molecule has 6 heteroatoms. The number of halogens is 4. The van der Waals surface area contributed by atoms with Crippen molar-refractivity contribution in [1.82, 2.24) is 10.2 Å². The summed E-state index contributed by atoms with van der Waals surface area (Å²) in [7, 11) is 0. The predicted octanol–water partition coefficient (Wildman–Crippen LogP) is 4.19. The van der Waals surface area contributed by atoms with Gasteiger partial charge in [0.2, 0.25) is 0 Å². The van der Waals surface area contributed by atoms with Crippen molar-refractivity contribution < 1.29 is 8.78 Å². The van der Waals surface area contributed by atoms with E-state index in [0.717, 1.165) is 39.0 Å². The molecule has 1 N–H and O–H groups in total. The van der Waals surface area contributed by atoms with Gasteiger partial charge in [0.25, 0.3) is 0 Å². The maximum atomic E-state index is 14.1. The van der Waals surface area contributed by atoms with E-state index in [0.29, 0.717) is 11.5 Å². The van der Waals surface area contributed by atoms with Gasteiger partial charge in [0.1, 0.15) is 0 Å². The third-order valence-corrected chi connectivity index (χ3v) is 3.95. The van der Waals surface area contributed by atoms with Crippen molar-refractivity contribution in [3.63, 3.8) is 0 Å². The van der Waals surface area contributed by atoms with Crippen LogP contribution in [0.3, 0.4) is 0 Å². The van der Waals surface area contributed by atoms with Crippen LogP contribution in [0.25, 0.3) is 0 Å². The highest BCUT2D eigenvalue weighted by Crippen LogP contribution is 2.30. The van der Waals surface area contributed by atoms with Crippen LogP contribution in [0.1, 0.15) is 38.3 Å². The van der Waals surface area contributed by atoms with Gasteiger partial charge in [0.15, 0.2) is 11.6 Å². The third kappa shape index (κ3) is 5.65. The lowest BCUT2D eigenvalue weighted by Crippen LogP contribution is -2.45. The average molecular weight is 355 g/mol. The maximum Gasteiger partial charge on any atom is 0.163 e. The summed E-state index contributed by atoms with van der Waals surface area (Å²) in [5.41, 5.74) is 0.507. The largest absolute Gasteiger partial charge is 0.314 e. The van der Waals surface area contributed by atoms with Crippen molar-refractivity contribution in [3.8, 4) is 0 Å². The van der Waals surface area contributed by atoms with Crippen molar-refractivity contribution in [2.45, 2.75) is 32.7 Å². The van der Waals surface area contributed by atoms with Gasteiger partial charge in [-0.1, -0.05) is 26.0 Å². The first-order chi connectivity index (χ1) is 9.59. The third-order valence-electron chi connectivity index (χ3n) is 3.95. The average Bonchev–Trinajstić information content (AvgIpc) is 2.44. The molecule has 1 heterocycles. The van der Waals surface area contributed by atoms with Gasteiger partial charge >= 0.3 is 0 Å². The molecule has 1 fully saturated rings. The molecule has 0 bridgehead atoms. The van der Waals surface area contributed by atoms with E-state index in [2.05, 4.69) is 24.1 Å². The molecule has 1 aromatic rings. The highest BCUT2D eigenvalue weighted by atomic mass is 35.5. The Kier molecular flexibility index (Phi) is 10.2. The Morgan fingerprint density at radius 1 is 1.09 bits per heavy atom. The van der Waals surface area contributed by atoms with Crippen LogP contribution < -0.4 is 5.32 Å². The molecule has 0 aromatic heterocycles. The summed E-state index contributed by atoms with van der Waals surface area (Å²) < 4.78 is 27.6. The zero-order valence-corrected chi connectivity index (χ0v) is 14.8. The lowest BCUT2D eigenvalue weighted by molar-refractivity contribution is 0.156. The first kappa shape index (κ1) is 21.6. The molecule has 22 heavy (non-hydrogen) atoms. The number of benzene rings is 1. The highest BCUT2D eigenvalue weighted by molar-refractivity contribution is 5.85. The van der Waals surface area contributed by atoms with Crippen LogP contribution in [0.4, 0.5) is 8.78 Å². The van der Waals surface area contributed by atoms with E-state index in [1.54, 1.807) is 12.1 Å². The zero-order chi connectivity index (χ0) is 14.5. The minimum atomic E-state index is -0.743. The Bertz CT molecular complexity index is 438. The minimum Gasteiger partial charge on any atom is -0.314 e. The molecule has 1 atom stereocenters. The topological polar surface area (TPSA) is 15.3 Å². The van der Waals surface area contributed by atoms with Crippen molar-refractivity contribution in [3.05, 3.63) is 35.4 Å². The van der Waals surface area contributed by atoms with Gasteiger partial charge in [0.05, 0.1) is 0 Å². The molecule has 1 aromatic carbocycles. The number of nitrogens with one attached hydrogen (secondary N) is 1. The summed E-state index contributed by atoms with van der Waals surface area (Å²) in [5.74, 6) is -0.857. The molecule has 0 aliphatic carbocycles. The molecule has 0 saturated carbocycles. The molecule has 1 saturated heterocycles. The van der Waals surface area contributed by atoms with Crippen LogP contribution in [0.5, 0.6) is 0 Å². The molecule has 1 aliphatic heterocycles. The first-order valence-electron chi connectivity index (χ1n) is 7.48. The standard InChI is InChI=1S/C16H24F2N2.2ClH/c1-12(2)6-7-15(20-10-8-19-9-11-20)13-4-3-5-14(17)16(13)18;;/h3-5,12,15,19H,6-11H2,1-2H3;2*1H/t15-;;/m0../s1. The van der Waals surface area contributed by atoms with Crippen LogP contribution >= 0.6 is 24.8 Å². The van der Waals surface area contributed by atoms with Crippen LogP contribution in [-0.2, 0) is 0 Å². The molecular formula is C16H26Cl2F2N2. The number of hydrogen-bond acceptors (Lipinski definition) is 2. The van der Waals surface area contributed by atoms with Crippen LogP contribution in [0.2, 0.25) is 0 Å². The Morgan fingerprint density at radius 3 is 2.32 bits per heavy atom. The lowest BCUT2D eigenvalue weighted by Gasteiger charge is -2.35. The summed E-state index contributed by atoms with van der Waals surface area (Å²) in [6.45, 7) is 7.93. The van der Waals surface area contributed by atoms with Crippen molar-refractivity contribution >= 4 is 24.8 Å². The number of piperazine rings is 1. The molecule has 0 amide bonds. The smallest absolute Gasteiger partial charge is 0.163 e. The van der Waals surface area contributed by atoms with Gasteiger partial charge in [-0.25, -0.2) is 8.78 Å². The summed E-state index contributed by atoms with van der Waals surface area (Å²) in [6, 6.07) is 4.51. The number of nitrogens with zero attached hydrogens (tertiary/aromatic N) is 1. The normalized spacial score (nSPS) is 16.8. The van der Waals surface area contributed by atoms with Gasteiger partial charge in [-0.2, -0.15) is 0 Å². The Hall–Kier alpha value is -0.420. The van der Waals surface area contributed by atoms with Crippen LogP contribution in [0.15, 0.2) is 18.2 Å². The van der Waals surface area contributed by atoms with E-state index in [1.165, 1.54) is 6.07 Å². The van der Waals surface area contributed by atoms with Gasteiger partial charge in [-0.15, -0.1) is 24.8 Å². The van der Waals surface area contributed by atoms with Crippen molar-refractivity contribution in [2.75, 3.05) is 26.2 Å². The summed E-state index contributed by atoms with van der Waals surface area (Å²) in [5, 5.41) is 3.30. The second kappa shape index (κ2) is 10.4. The fraction of sp³-hybridized carbons (Fsp3) is 0.625. The quantitative estimate of drug-likeness (QED) is 0.852.